The molecule has 0 saturated carbocycles. The van der Waals surface area contributed by atoms with Crippen molar-refractivity contribution >= 4 is 28.3 Å². The Hall–Kier alpha value is -2.35. The van der Waals surface area contributed by atoms with Crippen molar-refractivity contribution in [2.24, 2.45) is 0 Å². The maximum atomic E-state index is 13.5. The van der Waals surface area contributed by atoms with E-state index in [1.54, 1.807) is 18.3 Å². The van der Waals surface area contributed by atoms with Gasteiger partial charge in [0.25, 0.3) is 18.0 Å². The third-order valence-corrected chi connectivity index (χ3v) is 6.63. The second-order valence-corrected chi connectivity index (χ2v) is 8.37. The summed E-state index contributed by atoms with van der Waals surface area (Å²) in [5.74, 6) is 0.0597. The molecule has 0 atom stereocenters. The number of nitrogens with zero attached hydrogens (tertiary/aromatic N) is 3. The summed E-state index contributed by atoms with van der Waals surface area (Å²) in [7, 11) is 0. The van der Waals surface area contributed by atoms with Gasteiger partial charge in [0.15, 0.2) is 0 Å². The second kappa shape index (κ2) is 7.24. The minimum atomic E-state index is -2.62. The van der Waals surface area contributed by atoms with Gasteiger partial charge in [-0.1, -0.05) is 5.16 Å². The van der Waals surface area contributed by atoms with E-state index >= 15 is 0 Å². The number of aromatic nitrogens is 2. The predicted molar refractivity (Wildman–Crippen MR) is 103 cm³/mol. The molecule has 1 saturated heterocycles. The molecule has 1 amide bonds. The number of pyridine rings is 1. The SMILES string of the molecule is Cc1scc(C(=O)N2CCC(c3cc(C(F)F)c4c(C)noc4n3)CC2)c1C. The van der Waals surface area contributed by atoms with Crippen molar-refractivity contribution in [1.29, 1.82) is 0 Å². The monoisotopic (exact) mass is 405 g/mol. The second-order valence-electron chi connectivity index (χ2n) is 7.28. The van der Waals surface area contributed by atoms with Gasteiger partial charge < -0.3 is 9.42 Å². The third kappa shape index (κ3) is 3.19. The molecular weight excluding hydrogens is 384 g/mol. The molecule has 4 rings (SSSR count). The maximum absolute atomic E-state index is 13.5. The summed E-state index contributed by atoms with van der Waals surface area (Å²) in [5.41, 5.74) is 2.89. The standard InChI is InChI=1S/C20H21F2N3O2S/c1-10-12(3)28-9-15(10)20(26)25-6-4-13(5-7-25)16-8-14(18(21)22)17-11(2)24-27-19(17)23-16/h8-9,13,18H,4-7H2,1-3H3. The van der Waals surface area contributed by atoms with E-state index in [-0.39, 0.29) is 23.1 Å². The molecule has 0 aliphatic carbocycles. The van der Waals surface area contributed by atoms with Crippen LogP contribution in [0.4, 0.5) is 8.78 Å². The number of fused-ring (bicyclic) bond motifs is 1. The normalized spacial score (nSPS) is 15.7. The van der Waals surface area contributed by atoms with Crippen molar-refractivity contribution in [3.8, 4) is 0 Å². The Morgan fingerprint density at radius 3 is 2.61 bits per heavy atom. The summed E-state index contributed by atoms with van der Waals surface area (Å²) in [5, 5.41) is 5.99. The molecule has 0 radical (unpaired) electrons. The summed E-state index contributed by atoms with van der Waals surface area (Å²) >= 11 is 1.58. The Morgan fingerprint density at radius 1 is 1.29 bits per heavy atom. The minimum Gasteiger partial charge on any atom is -0.339 e. The summed E-state index contributed by atoms with van der Waals surface area (Å²) in [4.78, 5) is 20.2. The van der Waals surface area contributed by atoms with E-state index in [0.29, 0.717) is 42.7 Å². The highest BCUT2D eigenvalue weighted by atomic mass is 32.1. The van der Waals surface area contributed by atoms with Crippen LogP contribution in [0.2, 0.25) is 0 Å². The molecule has 0 spiro atoms. The summed E-state index contributed by atoms with van der Waals surface area (Å²) in [6.07, 6.45) is -1.25. The highest BCUT2D eigenvalue weighted by molar-refractivity contribution is 7.10. The molecule has 1 aliphatic heterocycles. The van der Waals surface area contributed by atoms with E-state index in [0.717, 1.165) is 16.0 Å². The molecule has 1 aliphatic rings. The maximum Gasteiger partial charge on any atom is 0.264 e. The molecule has 5 nitrogen and oxygen atoms in total. The van der Waals surface area contributed by atoms with Crippen LogP contribution in [0.1, 0.15) is 62.9 Å². The van der Waals surface area contributed by atoms with Gasteiger partial charge in [0.2, 0.25) is 0 Å². The van der Waals surface area contributed by atoms with E-state index in [2.05, 4.69) is 10.1 Å². The van der Waals surface area contributed by atoms with Gasteiger partial charge in [0.05, 0.1) is 16.6 Å². The minimum absolute atomic E-state index is 0.0154. The number of amides is 1. The first-order chi connectivity index (χ1) is 13.4. The molecule has 4 heterocycles. The molecule has 0 N–H and O–H groups in total. The highest BCUT2D eigenvalue weighted by Gasteiger charge is 2.29. The first-order valence-electron chi connectivity index (χ1n) is 9.25. The van der Waals surface area contributed by atoms with Crippen molar-refractivity contribution < 1.29 is 18.1 Å². The van der Waals surface area contributed by atoms with Crippen LogP contribution in [0.5, 0.6) is 0 Å². The molecule has 0 aromatic carbocycles. The lowest BCUT2D eigenvalue weighted by Crippen LogP contribution is -2.38. The van der Waals surface area contributed by atoms with Crippen LogP contribution in [0.3, 0.4) is 0 Å². The van der Waals surface area contributed by atoms with Crippen LogP contribution in [0, 0.1) is 20.8 Å². The van der Waals surface area contributed by atoms with Gasteiger partial charge in [-0.25, -0.2) is 13.8 Å². The number of hydrogen-bond acceptors (Lipinski definition) is 5. The summed E-state index contributed by atoms with van der Waals surface area (Å²) in [6.45, 7) is 6.78. The van der Waals surface area contributed by atoms with E-state index < -0.39 is 6.43 Å². The molecule has 1 fully saturated rings. The van der Waals surface area contributed by atoms with Crippen LogP contribution in [-0.4, -0.2) is 34.0 Å². The summed E-state index contributed by atoms with van der Waals surface area (Å²) in [6, 6.07) is 1.48. The van der Waals surface area contributed by atoms with Crippen LogP contribution in [-0.2, 0) is 0 Å². The van der Waals surface area contributed by atoms with Crippen molar-refractivity contribution in [3.63, 3.8) is 0 Å². The fourth-order valence-corrected chi connectivity index (χ4v) is 4.66. The third-order valence-electron chi connectivity index (χ3n) is 5.62. The number of alkyl halides is 2. The smallest absolute Gasteiger partial charge is 0.264 e. The van der Waals surface area contributed by atoms with Crippen molar-refractivity contribution in [1.82, 2.24) is 15.0 Å². The van der Waals surface area contributed by atoms with Gasteiger partial charge in [-0.2, -0.15) is 0 Å². The number of aryl methyl sites for hydroxylation is 2. The van der Waals surface area contributed by atoms with Gasteiger partial charge >= 0.3 is 0 Å². The zero-order valence-electron chi connectivity index (χ0n) is 16.0. The average molecular weight is 405 g/mol. The summed E-state index contributed by atoms with van der Waals surface area (Å²) < 4.78 is 32.2. The van der Waals surface area contributed by atoms with Gasteiger partial charge in [-0.05, 0) is 45.2 Å². The highest BCUT2D eigenvalue weighted by Crippen LogP contribution is 2.35. The fraction of sp³-hybridized carbons (Fsp3) is 0.450. The van der Waals surface area contributed by atoms with E-state index in [9.17, 15) is 13.6 Å². The number of rotatable bonds is 3. The number of carbonyl (C=O) groups excluding carboxylic acids is 1. The topological polar surface area (TPSA) is 59.2 Å². The van der Waals surface area contributed by atoms with Crippen LogP contribution in [0.25, 0.3) is 11.1 Å². The Balaban J connectivity index is 1.54. The lowest BCUT2D eigenvalue weighted by Gasteiger charge is -2.32. The van der Waals surface area contributed by atoms with Gasteiger partial charge in [-0.3, -0.25) is 4.79 Å². The Kier molecular flexibility index (Phi) is 4.91. The molecule has 8 heteroatoms. The largest absolute Gasteiger partial charge is 0.339 e. The lowest BCUT2D eigenvalue weighted by molar-refractivity contribution is 0.0712. The molecule has 148 valence electrons. The molecular formula is C20H21F2N3O2S. The first-order valence-corrected chi connectivity index (χ1v) is 10.1. The van der Waals surface area contributed by atoms with Gasteiger partial charge in [-0.15, -0.1) is 11.3 Å². The number of piperidine rings is 1. The van der Waals surface area contributed by atoms with E-state index in [4.69, 9.17) is 4.52 Å². The average Bonchev–Trinajstić information content (AvgIpc) is 3.23. The van der Waals surface area contributed by atoms with Crippen LogP contribution in [0.15, 0.2) is 16.0 Å². The van der Waals surface area contributed by atoms with Crippen molar-refractivity contribution in [2.45, 2.75) is 46.0 Å². The Labute approximate surface area is 165 Å². The zero-order chi connectivity index (χ0) is 20.0. The Bertz CT molecular complexity index is 1040. The molecule has 0 unspecified atom stereocenters. The molecule has 3 aromatic heterocycles. The number of halogens is 2. The predicted octanol–water partition coefficient (Wildman–Crippen LogP) is 5.17. The quantitative estimate of drug-likeness (QED) is 0.603. The number of thiophene rings is 1. The van der Waals surface area contributed by atoms with Crippen molar-refractivity contribution in [2.75, 3.05) is 13.1 Å². The number of hydrogen-bond donors (Lipinski definition) is 0. The molecule has 3 aromatic rings. The number of likely N-dealkylation sites (tertiary alicyclic amines) is 1. The molecule has 0 bridgehead atoms. The number of carbonyl (C=O) groups is 1. The zero-order valence-corrected chi connectivity index (χ0v) is 16.8. The Morgan fingerprint density at radius 2 is 2.00 bits per heavy atom. The van der Waals surface area contributed by atoms with Gasteiger partial charge in [0.1, 0.15) is 0 Å². The lowest BCUT2D eigenvalue weighted by atomic mass is 9.91. The van der Waals surface area contributed by atoms with Gasteiger partial charge in [0, 0.05) is 40.5 Å². The molecule has 28 heavy (non-hydrogen) atoms. The van der Waals surface area contributed by atoms with Crippen molar-refractivity contribution in [3.05, 3.63) is 44.4 Å². The van der Waals surface area contributed by atoms with Crippen LogP contribution >= 0.6 is 11.3 Å². The van der Waals surface area contributed by atoms with E-state index in [1.807, 2.05) is 24.1 Å². The van der Waals surface area contributed by atoms with E-state index in [1.165, 1.54) is 6.07 Å². The van der Waals surface area contributed by atoms with Crippen LogP contribution < -0.4 is 0 Å². The fourth-order valence-electron chi connectivity index (χ4n) is 3.80. The first kappa shape index (κ1) is 19.0.